The van der Waals surface area contributed by atoms with Crippen molar-refractivity contribution in [3.05, 3.63) is 27.8 Å². The summed E-state index contributed by atoms with van der Waals surface area (Å²) in [5.41, 5.74) is 2.40. The SMILES string of the molecule is CCN(CC)CCC(=O)c1c(OC(C)C)cc(C)c(Cl)c1C. The zero-order valence-electron chi connectivity index (χ0n) is 14.6. The molecule has 0 radical (unpaired) electrons. The molecule has 22 heavy (non-hydrogen) atoms. The van der Waals surface area contributed by atoms with E-state index in [0.717, 1.165) is 30.8 Å². The summed E-state index contributed by atoms with van der Waals surface area (Å²) in [6.07, 6.45) is 0.505. The van der Waals surface area contributed by atoms with E-state index < -0.39 is 0 Å². The van der Waals surface area contributed by atoms with Gasteiger partial charge in [0.15, 0.2) is 5.78 Å². The molecule has 1 aromatic carbocycles. The number of ketones is 1. The Morgan fingerprint density at radius 3 is 2.36 bits per heavy atom. The van der Waals surface area contributed by atoms with Gasteiger partial charge in [0, 0.05) is 18.0 Å². The molecule has 0 atom stereocenters. The Bertz CT molecular complexity index is 522. The topological polar surface area (TPSA) is 29.5 Å². The van der Waals surface area contributed by atoms with Crippen molar-refractivity contribution in [3.63, 3.8) is 0 Å². The van der Waals surface area contributed by atoms with Crippen LogP contribution in [-0.2, 0) is 0 Å². The molecular weight excluding hydrogens is 298 g/mol. The predicted octanol–water partition coefficient (Wildman–Crippen LogP) is 4.66. The molecular formula is C18H28ClNO2. The maximum atomic E-state index is 12.7. The van der Waals surface area contributed by atoms with Crippen molar-refractivity contribution in [2.45, 2.75) is 54.1 Å². The lowest BCUT2D eigenvalue weighted by Gasteiger charge is -2.20. The van der Waals surface area contributed by atoms with Crippen LogP contribution in [0, 0.1) is 13.8 Å². The van der Waals surface area contributed by atoms with Gasteiger partial charge in [-0.2, -0.15) is 0 Å². The Labute approximate surface area is 139 Å². The van der Waals surface area contributed by atoms with E-state index in [2.05, 4.69) is 18.7 Å². The number of ether oxygens (including phenoxy) is 1. The van der Waals surface area contributed by atoms with Crippen molar-refractivity contribution >= 4 is 17.4 Å². The fraction of sp³-hybridized carbons (Fsp3) is 0.611. The molecule has 0 unspecified atom stereocenters. The predicted molar refractivity (Wildman–Crippen MR) is 93.4 cm³/mol. The molecule has 0 amide bonds. The van der Waals surface area contributed by atoms with Crippen molar-refractivity contribution in [2.75, 3.05) is 19.6 Å². The van der Waals surface area contributed by atoms with Crippen LogP contribution in [0.15, 0.2) is 6.07 Å². The highest BCUT2D eigenvalue weighted by Crippen LogP contribution is 2.33. The molecule has 124 valence electrons. The maximum absolute atomic E-state index is 12.7. The van der Waals surface area contributed by atoms with Crippen molar-refractivity contribution in [1.29, 1.82) is 0 Å². The van der Waals surface area contributed by atoms with Gasteiger partial charge in [-0.15, -0.1) is 0 Å². The minimum atomic E-state index is 0.0225. The molecule has 0 N–H and O–H groups in total. The van der Waals surface area contributed by atoms with Crippen LogP contribution in [0.5, 0.6) is 5.75 Å². The lowest BCUT2D eigenvalue weighted by Crippen LogP contribution is -2.26. The van der Waals surface area contributed by atoms with E-state index in [1.807, 2.05) is 33.8 Å². The van der Waals surface area contributed by atoms with Crippen molar-refractivity contribution in [3.8, 4) is 5.75 Å². The van der Waals surface area contributed by atoms with Gasteiger partial charge in [-0.3, -0.25) is 4.79 Å². The van der Waals surface area contributed by atoms with Gasteiger partial charge in [-0.1, -0.05) is 25.4 Å². The minimum absolute atomic E-state index is 0.0225. The maximum Gasteiger partial charge on any atom is 0.168 e. The standard InChI is InChI=1S/C18H28ClNO2/c1-7-20(8-2)10-9-15(21)17-14(6)18(19)13(5)11-16(17)22-12(3)4/h11-12H,7-10H2,1-6H3. The van der Waals surface area contributed by atoms with Gasteiger partial charge in [-0.05, 0) is 58.0 Å². The monoisotopic (exact) mass is 325 g/mol. The molecule has 0 saturated carbocycles. The number of Topliss-reactive ketones (excluding diaryl/α,β-unsaturated/α-hetero) is 1. The highest BCUT2D eigenvalue weighted by Gasteiger charge is 2.20. The number of hydrogen-bond acceptors (Lipinski definition) is 3. The summed E-state index contributed by atoms with van der Waals surface area (Å²) >= 11 is 6.33. The summed E-state index contributed by atoms with van der Waals surface area (Å²) in [6.45, 7) is 14.6. The molecule has 0 spiro atoms. The highest BCUT2D eigenvalue weighted by atomic mass is 35.5. The van der Waals surface area contributed by atoms with Crippen molar-refractivity contribution in [1.82, 2.24) is 4.90 Å². The zero-order chi connectivity index (χ0) is 16.9. The molecule has 3 nitrogen and oxygen atoms in total. The summed E-state index contributed by atoms with van der Waals surface area (Å²) in [5.74, 6) is 0.751. The number of rotatable bonds is 8. The van der Waals surface area contributed by atoms with E-state index in [0.29, 0.717) is 22.8 Å². The van der Waals surface area contributed by atoms with Crippen LogP contribution < -0.4 is 4.74 Å². The summed E-state index contributed by atoms with van der Waals surface area (Å²) < 4.78 is 5.85. The fourth-order valence-corrected chi connectivity index (χ4v) is 2.69. The second-order valence-corrected chi connectivity index (χ2v) is 6.25. The van der Waals surface area contributed by atoms with Gasteiger partial charge in [0.1, 0.15) is 5.75 Å². The molecule has 0 aliphatic rings. The Kier molecular flexibility index (Phi) is 7.37. The number of nitrogens with zero attached hydrogens (tertiary/aromatic N) is 1. The third kappa shape index (κ3) is 4.72. The summed E-state index contributed by atoms with van der Waals surface area (Å²) in [7, 11) is 0. The van der Waals surface area contributed by atoms with Gasteiger partial charge in [-0.25, -0.2) is 0 Å². The first-order chi connectivity index (χ1) is 10.3. The molecule has 0 fully saturated rings. The largest absolute Gasteiger partial charge is 0.490 e. The van der Waals surface area contributed by atoms with Gasteiger partial charge in [0.2, 0.25) is 0 Å². The summed E-state index contributed by atoms with van der Waals surface area (Å²) in [5, 5.41) is 0.655. The molecule has 0 heterocycles. The normalized spacial score (nSPS) is 11.3. The second-order valence-electron chi connectivity index (χ2n) is 5.87. The van der Waals surface area contributed by atoms with Gasteiger partial charge in [0.25, 0.3) is 0 Å². The number of halogens is 1. The Morgan fingerprint density at radius 1 is 1.27 bits per heavy atom. The molecule has 0 saturated heterocycles. The van der Waals surface area contributed by atoms with E-state index in [-0.39, 0.29) is 11.9 Å². The van der Waals surface area contributed by atoms with Crippen LogP contribution in [0.3, 0.4) is 0 Å². The van der Waals surface area contributed by atoms with Gasteiger partial charge < -0.3 is 9.64 Å². The van der Waals surface area contributed by atoms with Crippen molar-refractivity contribution < 1.29 is 9.53 Å². The van der Waals surface area contributed by atoms with Crippen LogP contribution in [-0.4, -0.2) is 36.4 Å². The average molecular weight is 326 g/mol. The Balaban J connectivity index is 3.09. The first-order valence-corrected chi connectivity index (χ1v) is 8.41. The van der Waals surface area contributed by atoms with Crippen LogP contribution in [0.25, 0.3) is 0 Å². The molecule has 1 aromatic rings. The van der Waals surface area contributed by atoms with E-state index in [9.17, 15) is 4.79 Å². The quantitative estimate of drug-likeness (QED) is 0.651. The van der Waals surface area contributed by atoms with Gasteiger partial charge in [0.05, 0.1) is 11.7 Å². The number of carbonyl (C=O) groups excluding carboxylic acids is 1. The highest BCUT2D eigenvalue weighted by molar-refractivity contribution is 6.32. The average Bonchev–Trinajstić information content (AvgIpc) is 2.45. The fourth-order valence-electron chi connectivity index (χ4n) is 2.54. The summed E-state index contributed by atoms with van der Waals surface area (Å²) in [6, 6.07) is 1.87. The minimum Gasteiger partial charge on any atom is -0.490 e. The number of aryl methyl sites for hydroxylation is 1. The lowest BCUT2D eigenvalue weighted by molar-refractivity contribution is 0.0960. The van der Waals surface area contributed by atoms with E-state index in [1.165, 1.54) is 0 Å². The van der Waals surface area contributed by atoms with Crippen molar-refractivity contribution in [2.24, 2.45) is 0 Å². The van der Waals surface area contributed by atoms with Crippen LogP contribution in [0.1, 0.15) is 55.6 Å². The third-order valence-corrected chi connectivity index (χ3v) is 4.42. The zero-order valence-corrected chi connectivity index (χ0v) is 15.4. The number of benzene rings is 1. The first kappa shape index (κ1) is 19.0. The number of hydrogen-bond donors (Lipinski definition) is 0. The smallest absolute Gasteiger partial charge is 0.168 e. The first-order valence-electron chi connectivity index (χ1n) is 8.03. The Hall–Kier alpha value is -1.06. The molecule has 1 rings (SSSR count). The molecule has 0 aromatic heterocycles. The number of carbonyl (C=O) groups is 1. The lowest BCUT2D eigenvalue weighted by atomic mass is 9.98. The van der Waals surface area contributed by atoms with Crippen LogP contribution in [0.2, 0.25) is 5.02 Å². The van der Waals surface area contributed by atoms with Gasteiger partial charge >= 0.3 is 0 Å². The summed E-state index contributed by atoms with van der Waals surface area (Å²) in [4.78, 5) is 14.9. The second kappa shape index (κ2) is 8.54. The molecule has 0 aliphatic carbocycles. The molecule has 0 bridgehead atoms. The van der Waals surface area contributed by atoms with Crippen LogP contribution in [0.4, 0.5) is 0 Å². The van der Waals surface area contributed by atoms with E-state index in [1.54, 1.807) is 0 Å². The van der Waals surface area contributed by atoms with E-state index in [4.69, 9.17) is 16.3 Å². The molecule has 4 heteroatoms. The molecule has 0 aliphatic heterocycles. The third-order valence-electron chi connectivity index (χ3n) is 3.84. The van der Waals surface area contributed by atoms with Crippen LogP contribution >= 0.6 is 11.6 Å². The Morgan fingerprint density at radius 2 is 1.86 bits per heavy atom. The van der Waals surface area contributed by atoms with E-state index >= 15 is 0 Å².